The molecule has 1 saturated carbocycles. The minimum Gasteiger partial charge on any atom is -0.381 e. The lowest BCUT2D eigenvalue weighted by molar-refractivity contribution is 0.185. The third-order valence-corrected chi connectivity index (χ3v) is 5.52. The van der Waals surface area contributed by atoms with E-state index in [0.29, 0.717) is 4.75 Å². The van der Waals surface area contributed by atoms with Crippen LogP contribution in [-0.2, 0) is 4.74 Å². The summed E-state index contributed by atoms with van der Waals surface area (Å²) in [5.74, 6) is 0.766. The van der Waals surface area contributed by atoms with Gasteiger partial charge in [-0.3, -0.25) is 0 Å². The Morgan fingerprint density at radius 1 is 1.31 bits per heavy atom. The van der Waals surface area contributed by atoms with Gasteiger partial charge in [0.1, 0.15) is 0 Å². The molecule has 0 aromatic rings. The van der Waals surface area contributed by atoms with E-state index in [9.17, 15) is 0 Å². The summed E-state index contributed by atoms with van der Waals surface area (Å²) in [6.07, 6.45) is 10.6. The highest BCUT2D eigenvalue weighted by Gasteiger charge is 2.30. The second-order valence-corrected chi connectivity index (χ2v) is 6.58. The first-order valence-electron chi connectivity index (χ1n) is 6.68. The monoisotopic (exact) mass is 243 g/mol. The molecule has 0 amide bonds. The number of hydrogen-bond acceptors (Lipinski definition) is 3. The summed E-state index contributed by atoms with van der Waals surface area (Å²) < 4.78 is 5.95. The minimum atomic E-state index is 0.539. The molecule has 1 aliphatic carbocycles. The van der Waals surface area contributed by atoms with Gasteiger partial charge in [0, 0.05) is 24.4 Å². The van der Waals surface area contributed by atoms with Crippen molar-refractivity contribution < 1.29 is 4.74 Å². The van der Waals surface area contributed by atoms with E-state index in [1.165, 1.54) is 45.1 Å². The van der Waals surface area contributed by atoms with Crippen molar-refractivity contribution in [1.82, 2.24) is 5.32 Å². The molecule has 0 aromatic carbocycles. The SMILES string of the molecule is CSC1(CNCC2CCOC2)CCCCC1. The summed E-state index contributed by atoms with van der Waals surface area (Å²) in [6, 6.07) is 0. The van der Waals surface area contributed by atoms with Crippen LogP contribution in [0.4, 0.5) is 0 Å². The predicted molar refractivity (Wildman–Crippen MR) is 71.1 cm³/mol. The Kier molecular flexibility index (Phi) is 4.98. The van der Waals surface area contributed by atoms with E-state index >= 15 is 0 Å². The van der Waals surface area contributed by atoms with Gasteiger partial charge in [0.25, 0.3) is 0 Å². The van der Waals surface area contributed by atoms with Gasteiger partial charge in [-0.15, -0.1) is 0 Å². The van der Waals surface area contributed by atoms with Crippen molar-refractivity contribution in [3.05, 3.63) is 0 Å². The van der Waals surface area contributed by atoms with Crippen molar-refractivity contribution in [3.63, 3.8) is 0 Å². The highest BCUT2D eigenvalue weighted by Crippen LogP contribution is 2.37. The zero-order chi connectivity index (χ0) is 11.3. The van der Waals surface area contributed by atoms with Crippen LogP contribution in [0.25, 0.3) is 0 Å². The van der Waals surface area contributed by atoms with Crippen molar-refractivity contribution in [2.75, 3.05) is 32.6 Å². The molecule has 1 N–H and O–H groups in total. The number of ether oxygens (including phenoxy) is 1. The van der Waals surface area contributed by atoms with E-state index in [-0.39, 0.29) is 0 Å². The molecule has 94 valence electrons. The van der Waals surface area contributed by atoms with Crippen LogP contribution >= 0.6 is 11.8 Å². The van der Waals surface area contributed by atoms with Crippen LogP contribution in [-0.4, -0.2) is 37.3 Å². The van der Waals surface area contributed by atoms with Crippen molar-refractivity contribution in [3.8, 4) is 0 Å². The molecule has 2 nitrogen and oxygen atoms in total. The molecule has 1 saturated heterocycles. The molecule has 2 aliphatic rings. The Labute approximate surface area is 104 Å². The van der Waals surface area contributed by atoms with Crippen molar-refractivity contribution in [2.24, 2.45) is 5.92 Å². The maximum Gasteiger partial charge on any atom is 0.0507 e. The van der Waals surface area contributed by atoms with Gasteiger partial charge in [0.05, 0.1) is 6.61 Å². The Morgan fingerprint density at radius 2 is 2.12 bits per heavy atom. The molecule has 1 heterocycles. The molecular weight excluding hydrogens is 218 g/mol. The zero-order valence-corrected chi connectivity index (χ0v) is 11.3. The van der Waals surface area contributed by atoms with Gasteiger partial charge in [0.15, 0.2) is 0 Å². The highest BCUT2D eigenvalue weighted by atomic mass is 32.2. The third kappa shape index (κ3) is 3.38. The zero-order valence-electron chi connectivity index (χ0n) is 10.5. The maximum atomic E-state index is 5.41. The van der Waals surface area contributed by atoms with Gasteiger partial charge in [-0.2, -0.15) is 11.8 Å². The quantitative estimate of drug-likeness (QED) is 0.802. The maximum absolute atomic E-state index is 5.41. The van der Waals surface area contributed by atoms with Crippen molar-refractivity contribution >= 4 is 11.8 Å². The molecule has 3 heteroatoms. The molecule has 1 atom stereocenters. The topological polar surface area (TPSA) is 21.3 Å². The summed E-state index contributed by atoms with van der Waals surface area (Å²) in [5, 5.41) is 3.69. The Morgan fingerprint density at radius 3 is 2.75 bits per heavy atom. The summed E-state index contributed by atoms with van der Waals surface area (Å²) in [5.41, 5.74) is 0. The highest BCUT2D eigenvalue weighted by molar-refractivity contribution is 8.00. The van der Waals surface area contributed by atoms with Crippen LogP contribution in [0, 0.1) is 5.92 Å². The average molecular weight is 243 g/mol. The van der Waals surface area contributed by atoms with Gasteiger partial charge in [-0.25, -0.2) is 0 Å². The van der Waals surface area contributed by atoms with Gasteiger partial charge in [-0.05, 0) is 31.4 Å². The standard InChI is InChI=1S/C13H25NOS/c1-16-13(6-3-2-4-7-13)11-14-9-12-5-8-15-10-12/h12,14H,2-11H2,1H3. The number of hydrogen-bond donors (Lipinski definition) is 1. The van der Waals surface area contributed by atoms with Crippen molar-refractivity contribution in [2.45, 2.75) is 43.3 Å². The Bertz CT molecular complexity index is 198. The normalized spacial score (nSPS) is 29.4. The molecule has 0 bridgehead atoms. The molecule has 2 fully saturated rings. The largest absolute Gasteiger partial charge is 0.381 e. The molecule has 2 rings (SSSR count). The van der Waals surface area contributed by atoms with Crippen LogP contribution in [0.5, 0.6) is 0 Å². The van der Waals surface area contributed by atoms with Crippen LogP contribution in [0.15, 0.2) is 0 Å². The fraction of sp³-hybridized carbons (Fsp3) is 1.00. The van der Waals surface area contributed by atoms with Crippen LogP contribution in [0.1, 0.15) is 38.5 Å². The Hall–Kier alpha value is 0.270. The van der Waals surface area contributed by atoms with Gasteiger partial charge < -0.3 is 10.1 Å². The molecule has 0 aromatic heterocycles. The smallest absolute Gasteiger partial charge is 0.0507 e. The molecule has 1 aliphatic heterocycles. The predicted octanol–water partition coefficient (Wildman–Crippen LogP) is 2.68. The van der Waals surface area contributed by atoms with E-state index in [0.717, 1.165) is 25.7 Å². The lowest BCUT2D eigenvalue weighted by Gasteiger charge is -2.36. The lowest BCUT2D eigenvalue weighted by atomic mass is 9.88. The lowest BCUT2D eigenvalue weighted by Crippen LogP contribution is -2.41. The van der Waals surface area contributed by atoms with E-state index in [4.69, 9.17) is 4.74 Å². The van der Waals surface area contributed by atoms with Gasteiger partial charge >= 0.3 is 0 Å². The summed E-state index contributed by atoms with van der Waals surface area (Å²) in [4.78, 5) is 0. The summed E-state index contributed by atoms with van der Waals surface area (Å²) in [6.45, 7) is 4.30. The van der Waals surface area contributed by atoms with Gasteiger partial charge in [-0.1, -0.05) is 19.3 Å². The molecule has 1 unspecified atom stereocenters. The first kappa shape index (κ1) is 12.7. The van der Waals surface area contributed by atoms with Crippen molar-refractivity contribution in [1.29, 1.82) is 0 Å². The van der Waals surface area contributed by atoms with E-state index in [1.807, 2.05) is 0 Å². The summed E-state index contributed by atoms with van der Waals surface area (Å²) in [7, 11) is 0. The first-order chi connectivity index (χ1) is 7.85. The number of rotatable bonds is 5. The third-order valence-electron chi connectivity index (χ3n) is 4.10. The number of nitrogens with one attached hydrogen (secondary N) is 1. The molecule has 0 spiro atoms. The van der Waals surface area contributed by atoms with Crippen LogP contribution in [0.3, 0.4) is 0 Å². The number of thioether (sulfide) groups is 1. The average Bonchev–Trinajstić information content (AvgIpc) is 2.83. The van der Waals surface area contributed by atoms with E-state index in [2.05, 4.69) is 23.3 Å². The second kappa shape index (κ2) is 6.27. The first-order valence-corrected chi connectivity index (χ1v) is 7.91. The van der Waals surface area contributed by atoms with Gasteiger partial charge in [0.2, 0.25) is 0 Å². The molecule has 0 radical (unpaired) electrons. The fourth-order valence-corrected chi connectivity index (χ4v) is 3.84. The van der Waals surface area contributed by atoms with E-state index < -0.39 is 0 Å². The summed E-state index contributed by atoms with van der Waals surface area (Å²) >= 11 is 2.08. The fourth-order valence-electron chi connectivity index (χ4n) is 2.90. The molecular formula is C13H25NOS. The molecule has 16 heavy (non-hydrogen) atoms. The van der Waals surface area contributed by atoms with E-state index in [1.54, 1.807) is 0 Å². The minimum absolute atomic E-state index is 0.539. The Balaban J connectivity index is 1.69. The van der Waals surface area contributed by atoms with Crippen LogP contribution in [0.2, 0.25) is 0 Å². The van der Waals surface area contributed by atoms with Crippen LogP contribution < -0.4 is 5.32 Å². The second-order valence-electron chi connectivity index (χ2n) is 5.31.